The van der Waals surface area contributed by atoms with E-state index in [4.69, 9.17) is 9.47 Å². The monoisotopic (exact) mass is 666 g/mol. The summed E-state index contributed by atoms with van der Waals surface area (Å²) in [5, 5.41) is 11.9. The molecule has 250 valence electrons. The quantitative estimate of drug-likeness (QED) is 0.187. The summed E-state index contributed by atoms with van der Waals surface area (Å²) in [6, 6.07) is 15.7. The third-order valence-electron chi connectivity index (χ3n) is 7.53. The first-order chi connectivity index (χ1) is 23.3. The van der Waals surface area contributed by atoms with Gasteiger partial charge in [0.25, 0.3) is 11.5 Å². The number of halogens is 2. The highest BCUT2D eigenvalue weighted by Gasteiger charge is 2.22. The van der Waals surface area contributed by atoms with Crippen molar-refractivity contribution in [3.63, 3.8) is 0 Å². The van der Waals surface area contributed by atoms with Gasteiger partial charge in [0.05, 0.1) is 17.9 Å². The summed E-state index contributed by atoms with van der Waals surface area (Å²) in [5.41, 5.74) is 1.31. The van der Waals surface area contributed by atoms with Gasteiger partial charge in [-0.3, -0.25) is 18.8 Å². The SMILES string of the molecule is CCn1ncc2cc(Oc3ccc(NC(=O)c4ccc(C)n(-c5ccc(F)cc5)c4=O)cc3F)c(-c3cnn(C(=O)OC(C)(C)C)c3)cc21. The number of hydrogen-bond donors (Lipinski definition) is 1. The number of ether oxygens (including phenoxy) is 2. The van der Waals surface area contributed by atoms with E-state index >= 15 is 4.39 Å². The van der Waals surface area contributed by atoms with Crippen molar-refractivity contribution in [2.24, 2.45) is 0 Å². The molecule has 6 aromatic rings. The molecular formula is C36H32F2N6O5. The first-order valence-corrected chi connectivity index (χ1v) is 15.4. The van der Waals surface area contributed by atoms with Gasteiger partial charge in [0.1, 0.15) is 22.7 Å². The minimum Gasteiger partial charge on any atom is -0.454 e. The lowest BCUT2D eigenvalue weighted by Gasteiger charge is -2.18. The number of hydrogen-bond acceptors (Lipinski definition) is 7. The minimum absolute atomic E-state index is 0.0849. The van der Waals surface area contributed by atoms with Crippen molar-refractivity contribution in [1.29, 1.82) is 0 Å². The molecule has 0 unspecified atom stereocenters. The predicted octanol–water partition coefficient (Wildman–Crippen LogP) is 7.49. The van der Waals surface area contributed by atoms with Crippen LogP contribution in [-0.4, -0.2) is 41.7 Å². The number of carbonyl (C=O) groups excluding carboxylic acids is 2. The lowest BCUT2D eigenvalue weighted by Crippen LogP contribution is -2.29. The van der Waals surface area contributed by atoms with Crippen molar-refractivity contribution in [2.45, 2.75) is 46.8 Å². The second-order valence-corrected chi connectivity index (χ2v) is 12.2. The maximum absolute atomic E-state index is 15.5. The van der Waals surface area contributed by atoms with Crippen LogP contribution in [0.25, 0.3) is 27.7 Å². The molecule has 0 radical (unpaired) electrons. The molecule has 0 aliphatic heterocycles. The zero-order chi connectivity index (χ0) is 35.0. The Kier molecular flexibility index (Phi) is 8.59. The largest absolute Gasteiger partial charge is 0.454 e. The van der Waals surface area contributed by atoms with Crippen molar-refractivity contribution in [1.82, 2.24) is 24.1 Å². The molecule has 0 atom stereocenters. The van der Waals surface area contributed by atoms with Crippen LogP contribution in [0.5, 0.6) is 11.5 Å². The Morgan fingerprint density at radius 1 is 0.918 bits per heavy atom. The van der Waals surface area contributed by atoms with E-state index in [1.165, 1.54) is 59.4 Å². The summed E-state index contributed by atoms with van der Waals surface area (Å²) in [6.07, 6.45) is 3.99. The van der Waals surface area contributed by atoms with Crippen molar-refractivity contribution < 1.29 is 27.8 Å². The van der Waals surface area contributed by atoms with Gasteiger partial charge in [-0.1, -0.05) is 0 Å². The molecule has 0 bridgehead atoms. The molecule has 13 heteroatoms. The van der Waals surface area contributed by atoms with E-state index in [0.717, 1.165) is 21.7 Å². The fourth-order valence-corrected chi connectivity index (χ4v) is 5.23. The van der Waals surface area contributed by atoms with Crippen LogP contribution in [-0.2, 0) is 11.3 Å². The lowest BCUT2D eigenvalue weighted by atomic mass is 10.1. The Labute approximate surface area is 279 Å². The maximum Gasteiger partial charge on any atom is 0.435 e. The van der Waals surface area contributed by atoms with E-state index < -0.39 is 34.8 Å². The molecule has 1 N–H and O–H groups in total. The second-order valence-electron chi connectivity index (χ2n) is 12.2. The molecule has 0 spiro atoms. The molecule has 0 aliphatic rings. The first-order valence-electron chi connectivity index (χ1n) is 15.4. The van der Waals surface area contributed by atoms with Gasteiger partial charge in [-0.15, -0.1) is 0 Å². The van der Waals surface area contributed by atoms with E-state index in [-0.39, 0.29) is 22.7 Å². The summed E-state index contributed by atoms with van der Waals surface area (Å²) >= 11 is 0. The highest BCUT2D eigenvalue weighted by molar-refractivity contribution is 6.04. The number of nitrogens with zero attached hydrogens (tertiary/aromatic N) is 5. The molecule has 11 nitrogen and oxygen atoms in total. The standard InChI is InChI=1S/C36H32F2N6O5/c1-6-42-30-17-28(23-19-40-43(20-23)35(47)49-36(3,4)5)32(15-22(30)18-39-42)48-31-14-10-25(16-29(31)38)41-33(45)27-13-7-21(2)44(34(27)46)26-11-8-24(37)9-12-26/h7-20H,6H2,1-5H3,(H,41,45). The highest BCUT2D eigenvalue weighted by Crippen LogP contribution is 2.38. The van der Waals surface area contributed by atoms with Crippen LogP contribution in [0.4, 0.5) is 19.3 Å². The van der Waals surface area contributed by atoms with E-state index in [1.807, 2.05) is 13.0 Å². The number of fused-ring (bicyclic) bond motifs is 1. The number of benzene rings is 3. The maximum atomic E-state index is 15.5. The third kappa shape index (κ3) is 6.82. The van der Waals surface area contributed by atoms with Crippen LogP contribution in [0.15, 0.2) is 90.1 Å². The normalized spacial score (nSPS) is 11.5. The van der Waals surface area contributed by atoms with Crippen molar-refractivity contribution in [3.8, 4) is 28.3 Å². The number of rotatable bonds is 7. The molecule has 49 heavy (non-hydrogen) atoms. The van der Waals surface area contributed by atoms with Crippen molar-refractivity contribution >= 4 is 28.6 Å². The summed E-state index contributed by atoms with van der Waals surface area (Å²) in [7, 11) is 0. The average molecular weight is 667 g/mol. The first kappa shape index (κ1) is 32.8. The average Bonchev–Trinajstić information content (AvgIpc) is 3.69. The molecule has 0 saturated carbocycles. The molecular weight excluding hydrogens is 634 g/mol. The molecule has 3 aromatic heterocycles. The van der Waals surface area contributed by atoms with E-state index in [1.54, 1.807) is 50.7 Å². The van der Waals surface area contributed by atoms with Crippen LogP contribution < -0.4 is 15.6 Å². The van der Waals surface area contributed by atoms with Gasteiger partial charge in [-0.05, 0) is 95.3 Å². The molecule has 3 heterocycles. The van der Waals surface area contributed by atoms with Gasteiger partial charge in [0.2, 0.25) is 0 Å². The van der Waals surface area contributed by atoms with Crippen LogP contribution in [0.1, 0.15) is 43.7 Å². The van der Waals surface area contributed by atoms with Gasteiger partial charge in [0, 0.05) is 52.4 Å². The summed E-state index contributed by atoms with van der Waals surface area (Å²) < 4.78 is 44.7. The lowest BCUT2D eigenvalue weighted by molar-refractivity contribution is 0.0514. The number of pyridine rings is 1. The molecule has 0 saturated heterocycles. The molecule has 1 amide bonds. The number of amides is 1. The number of anilines is 1. The smallest absolute Gasteiger partial charge is 0.435 e. The molecule has 3 aromatic carbocycles. The number of carbonyl (C=O) groups is 2. The summed E-state index contributed by atoms with van der Waals surface area (Å²) in [6.45, 7) is 9.49. The van der Waals surface area contributed by atoms with Gasteiger partial charge in [0.15, 0.2) is 11.6 Å². The summed E-state index contributed by atoms with van der Waals surface area (Å²) in [5.74, 6) is -1.88. The fraction of sp³-hybridized carbons (Fsp3) is 0.194. The Bertz CT molecular complexity index is 2280. The predicted molar refractivity (Wildman–Crippen MR) is 179 cm³/mol. The van der Waals surface area contributed by atoms with Gasteiger partial charge in [-0.2, -0.15) is 14.9 Å². The molecule has 0 fully saturated rings. The topological polar surface area (TPSA) is 122 Å². The van der Waals surface area contributed by atoms with Crippen molar-refractivity contribution in [2.75, 3.05) is 5.32 Å². The zero-order valence-corrected chi connectivity index (χ0v) is 27.3. The van der Waals surface area contributed by atoms with Crippen LogP contribution in [0.2, 0.25) is 0 Å². The number of aryl methyl sites for hydroxylation is 2. The Morgan fingerprint density at radius 2 is 1.67 bits per heavy atom. The Balaban J connectivity index is 1.28. The molecule has 6 rings (SSSR count). The van der Waals surface area contributed by atoms with Crippen LogP contribution in [0.3, 0.4) is 0 Å². The van der Waals surface area contributed by atoms with Gasteiger partial charge >= 0.3 is 6.09 Å². The van der Waals surface area contributed by atoms with Crippen LogP contribution >= 0.6 is 0 Å². The molecule has 0 aliphatic carbocycles. The fourth-order valence-electron chi connectivity index (χ4n) is 5.23. The summed E-state index contributed by atoms with van der Waals surface area (Å²) in [4.78, 5) is 39.1. The zero-order valence-electron chi connectivity index (χ0n) is 27.3. The highest BCUT2D eigenvalue weighted by atomic mass is 19.1. The second kappa shape index (κ2) is 12.8. The number of aromatic nitrogens is 5. The number of nitrogens with one attached hydrogen (secondary N) is 1. The Morgan fingerprint density at radius 3 is 2.37 bits per heavy atom. The van der Waals surface area contributed by atoms with Gasteiger partial charge in [-0.25, -0.2) is 13.6 Å². The van der Waals surface area contributed by atoms with Crippen LogP contribution in [0, 0.1) is 18.6 Å². The Hall–Kier alpha value is -6.11. The third-order valence-corrected chi connectivity index (χ3v) is 7.53. The van der Waals surface area contributed by atoms with E-state index in [0.29, 0.717) is 29.1 Å². The minimum atomic E-state index is -0.787. The van der Waals surface area contributed by atoms with Gasteiger partial charge < -0.3 is 14.8 Å². The van der Waals surface area contributed by atoms with Crippen molar-refractivity contribution in [3.05, 3.63) is 119 Å². The van der Waals surface area contributed by atoms with E-state index in [9.17, 15) is 18.8 Å². The van der Waals surface area contributed by atoms with E-state index in [2.05, 4.69) is 15.5 Å².